The van der Waals surface area contributed by atoms with E-state index in [2.05, 4.69) is 4.98 Å². The predicted molar refractivity (Wildman–Crippen MR) is 43.9 cm³/mol. The van der Waals surface area contributed by atoms with Crippen molar-refractivity contribution in [3.05, 3.63) is 17.7 Å². The van der Waals surface area contributed by atoms with Gasteiger partial charge in [-0.1, -0.05) is 0 Å². The molecule has 0 unspecified atom stereocenters. The molecule has 0 bridgehead atoms. The van der Waals surface area contributed by atoms with Gasteiger partial charge < -0.3 is 5.73 Å². The maximum absolute atomic E-state index is 10.9. The van der Waals surface area contributed by atoms with Gasteiger partial charge in [-0.05, 0) is 25.7 Å². The van der Waals surface area contributed by atoms with E-state index in [4.69, 9.17) is 5.73 Å². The van der Waals surface area contributed by atoms with Crippen LogP contribution in [0, 0.1) is 0 Å². The maximum Gasteiger partial charge on any atom is 0.324 e. The van der Waals surface area contributed by atoms with Gasteiger partial charge in [-0.2, -0.15) is 0 Å². The summed E-state index contributed by atoms with van der Waals surface area (Å²) >= 11 is 0. The number of primary amides is 1. The Bertz CT molecular complexity index is 316. The van der Waals surface area contributed by atoms with Gasteiger partial charge in [0.25, 0.3) is 0 Å². The fourth-order valence-corrected chi connectivity index (χ4v) is 1.66. The third-order valence-corrected chi connectivity index (χ3v) is 2.27. The Balaban J connectivity index is 2.44. The van der Waals surface area contributed by atoms with Crippen LogP contribution in [-0.4, -0.2) is 15.6 Å². The van der Waals surface area contributed by atoms with Crippen molar-refractivity contribution in [2.24, 2.45) is 5.73 Å². The Labute approximate surface area is 70.4 Å². The van der Waals surface area contributed by atoms with Crippen LogP contribution >= 0.6 is 0 Å². The number of carbonyl (C=O) groups is 1. The summed E-state index contributed by atoms with van der Waals surface area (Å²) in [7, 11) is 0. The lowest BCUT2D eigenvalue weighted by Crippen LogP contribution is -2.22. The van der Waals surface area contributed by atoms with Crippen molar-refractivity contribution in [3.8, 4) is 0 Å². The van der Waals surface area contributed by atoms with Crippen molar-refractivity contribution in [1.29, 1.82) is 0 Å². The summed E-state index contributed by atoms with van der Waals surface area (Å²) in [5.41, 5.74) is 7.22. The molecule has 1 aromatic rings. The van der Waals surface area contributed by atoms with E-state index < -0.39 is 6.03 Å². The van der Waals surface area contributed by atoms with Gasteiger partial charge in [0, 0.05) is 0 Å². The average molecular weight is 165 g/mol. The summed E-state index contributed by atoms with van der Waals surface area (Å²) in [6.45, 7) is 0. The zero-order chi connectivity index (χ0) is 8.55. The molecule has 64 valence electrons. The first-order valence-electron chi connectivity index (χ1n) is 4.14. The summed E-state index contributed by atoms with van der Waals surface area (Å²) < 4.78 is 1.45. The Morgan fingerprint density at radius 2 is 2.25 bits per heavy atom. The van der Waals surface area contributed by atoms with Gasteiger partial charge in [0.15, 0.2) is 0 Å². The molecule has 0 radical (unpaired) electrons. The molecule has 1 heterocycles. The van der Waals surface area contributed by atoms with E-state index in [0.717, 1.165) is 30.7 Å². The lowest BCUT2D eigenvalue weighted by atomic mass is 10.0. The van der Waals surface area contributed by atoms with Crippen molar-refractivity contribution in [2.45, 2.75) is 25.7 Å². The molecule has 0 aromatic carbocycles. The van der Waals surface area contributed by atoms with Crippen molar-refractivity contribution < 1.29 is 4.79 Å². The van der Waals surface area contributed by atoms with Crippen LogP contribution in [0.25, 0.3) is 0 Å². The molecule has 0 saturated heterocycles. The summed E-state index contributed by atoms with van der Waals surface area (Å²) in [5.74, 6) is 0. The Kier molecular flexibility index (Phi) is 1.60. The molecule has 4 heteroatoms. The number of aromatic nitrogens is 2. The summed E-state index contributed by atoms with van der Waals surface area (Å²) in [6, 6.07) is -0.425. The minimum absolute atomic E-state index is 0.425. The zero-order valence-electron chi connectivity index (χ0n) is 6.79. The normalized spacial score (nSPS) is 15.7. The molecule has 1 amide bonds. The standard InChI is InChI=1S/C8H11N3O/c9-8(12)11-5-10-6-3-1-2-4-7(6)11/h5H,1-4H2,(H2,9,12). The van der Waals surface area contributed by atoms with Gasteiger partial charge in [-0.25, -0.2) is 9.78 Å². The van der Waals surface area contributed by atoms with Crippen LogP contribution < -0.4 is 5.73 Å². The van der Waals surface area contributed by atoms with E-state index in [9.17, 15) is 4.79 Å². The third-order valence-electron chi connectivity index (χ3n) is 2.27. The highest BCUT2D eigenvalue weighted by Crippen LogP contribution is 2.18. The van der Waals surface area contributed by atoms with Crippen LogP contribution in [0.2, 0.25) is 0 Å². The van der Waals surface area contributed by atoms with Crippen LogP contribution in [0.4, 0.5) is 4.79 Å². The second-order valence-corrected chi connectivity index (χ2v) is 3.05. The molecule has 1 aromatic heterocycles. The largest absolute Gasteiger partial charge is 0.351 e. The van der Waals surface area contributed by atoms with Crippen LogP contribution in [0.3, 0.4) is 0 Å². The number of hydrogen-bond acceptors (Lipinski definition) is 2. The highest BCUT2D eigenvalue weighted by atomic mass is 16.2. The summed E-state index contributed by atoms with van der Waals surface area (Å²) in [4.78, 5) is 15.0. The van der Waals surface area contributed by atoms with E-state index in [1.54, 1.807) is 0 Å². The van der Waals surface area contributed by atoms with Crippen molar-refractivity contribution >= 4 is 6.03 Å². The molecule has 2 rings (SSSR count). The number of nitrogens with two attached hydrogens (primary N) is 1. The fraction of sp³-hybridized carbons (Fsp3) is 0.500. The lowest BCUT2D eigenvalue weighted by Gasteiger charge is -2.11. The first-order chi connectivity index (χ1) is 5.79. The second kappa shape index (κ2) is 2.62. The third kappa shape index (κ3) is 0.995. The van der Waals surface area contributed by atoms with Gasteiger partial charge in [0.1, 0.15) is 6.33 Å². The molecule has 2 N–H and O–H groups in total. The number of carbonyl (C=O) groups excluding carboxylic acids is 1. The molecule has 0 saturated carbocycles. The first kappa shape index (κ1) is 7.34. The topological polar surface area (TPSA) is 60.9 Å². The molecule has 0 fully saturated rings. The van der Waals surface area contributed by atoms with Crippen LogP contribution in [0.1, 0.15) is 24.2 Å². The molecule has 1 aliphatic carbocycles. The molecule has 4 nitrogen and oxygen atoms in total. The predicted octanol–water partition coefficient (Wildman–Crippen LogP) is 0.689. The minimum atomic E-state index is -0.425. The summed E-state index contributed by atoms with van der Waals surface area (Å²) in [6.07, 6.45) is 5.74. The van der Waals surface area contributed by atoms with Crippen LogP contribution in [0.15, 0.2) is 6.33 Å². The molecule has 12 heavy (non-hydrogen) atoms. The van der Waals surface area contributed by atoms with Crippen molar-refractivity contribution in [2.75, 3.05) is 0 Å². The van der Waals surface area contributed by atoms with Crippen LogP contribution in [0.5, 0.6) is 0 Å². The zero-order valence-corrected chi connectivity index (χ0v) is 6.79. The van der Waals surface area contributed by atoms with E-state index in [0.29, 0.717) is 0 Å². The quantitative estimate of drug-likeness (QED) is 0.614. The molecular weight excluding hydrogens is 154 g/mol. The van der Waals surface area contributed by atoms with Gasteiger partial charge in [-0.15, -0.1) is 0 Å². The van der Waals surface area contributed by atoms with E-state index in [1.807, 2.05) is 0 Å². The molecule has 1 aliphatic rings. The summed E-state index contributed by atoms with van der Waals surface area (Å²) in [5, 5.41) is 0. The van der Waals surface area contributed by atoms with Crippen LogP contribution in [-0.2, 0) is 12.8 Å². The molecule has 0 aliphatic heterocycles. The number of aryl methyl sites for hydroxylation is 1. The Hall–Kier alpha value is -1.32. The monoisotopic (exact) mass is 165 g/mol. The fourth-order valence-electron chi connectivity index (χ4n) is 1.66. The number of rotatable bonds is 0. The minimum Gasteiger partial charge on any atom is -0.351 e. The first-order valence-corrected chi connectivity index (χ1v) is 4.14. The average Bonchev–Trinajstić information content (AvgIpc) is 2.47. The SMILES string of the molecule is NC(=O)n1cnc2c1CCCC2. The number of imidazole rings is 1. The van der Waals surface area contributed by atoms with Gasteiger partial charge in [-0.3, -0.25) is 4.57 Å². The van der Waals surface area contributed by atoms with Crippen molar-refractivity contribution in [1.82, 2.24) is 9.55 Å². The van der Waals surface area contributed by atoms with E-state index in [1.165, 1.54) is 17.3 Å². The molecular formula is C8H11N3O. The Morgan fingerprint density at radius 3 is 3.00 bits per heavy atom. The van der Waals surface area contributed by atoms with E-state index in [-0.39, 0.29) is 0 Å². The maximum atomic E-state index is 10.9. The lowest BCUT2D eigenvalue weighted by molar-refractivity contribution is 0.249. The van der Waals surface area contributed by atoms with Gasteiger partial charge in [0.2, 0.25) is 0 Å². The number of amides is 1. The molecule has 0 atom stereocenters. The van der Waals surface area contributed by atoms with Crippen molar-refractivity contribution in [3.63, 3.8) is 0 Å². The van der Waals surface area contributed by atoms with E-state index >= 15 is 0 Å². The van der Waals surface area contributed by atoms with Gasteiger partial charge in [0.05, 0.1) is 11.4 Å². The highest BCUT2D eigenvalue weighted by Gasteiger charge is 2.16. The molecule has 0 spiro atoms. The number of nitrogens with zero attached hydrogens (tertiary/aromatic N) is 2. The Morgan fingerprint density at radius 1 is 1.50 bits per heavy atom. The number of hydrogen-bond donors (Lipinski definition) is 1. The number of fused-ring (bicyclic) bond motifs is 1. The van der Waals surface area contributed by atoms with Gasteiger partial charge >= 0.3 is 6.03 Å². The smallest absolute Gasteiger partial charge is 0.324 e. The second-order valence-electron chi connectivity index (χ2n) is 3.05. The highest BCUT2D eigenvalue weighted by molar-refractivity contribution is 5.75.